The van der Waals surface area contributed by atoms with Crippen molar-refractivity contribution in [3.05, 3.63) is 24.0 Å². The minimum absolute atomic E-state index is 0.259. The van der Waals surface area contributed by atoms with Gasteiger partial charge in [0.1, 0.15) is 11.6 Å². The number of anilines is 1. The van der Waals surface area contributed by atoms with E-state index in [-0.39, 0.29) is 5.82 Å². The van der Waals surface area contributed by atoms with Crippen molar-refractivity contribution in [2.45, 2.75) is 52.5 Å². The van der Waals surface area contributed by atoms with Gasteiger partial charge in [-0.05, 0) is 31.9 Å². The third-order valence-electron chi connectivity index (χ3n) is 3.00. The van der Waals surface area contributed by atoms with Gasteiger partial charge in [-0.3, -0.25) is 0 Å². The Morgan fingerprint density at radius 2 is 2.06 bits per heavy atom. The second-order valence-corrected chi connectivity index (χ2v) is 4.47. The van der Waals surface area contributed by atoms with E-state index in [0.29, 0.717) is 18.4 Å². The standard InChI is InChI=1S/C15H24FNO/c1-4-7-8-13(5-2)17-14-10-9-12(16)11-15(14)18-6-3/h9-11,13,17H,4-8H2,1-3H3. The molecule has 3 heteroatoms. The number of nitrogens with one attached hydrogen (secondary N) is 1. The molecule has 1 aromatic carbocycles. The van der Waals surface area contributed by atoms with Crippen LogP contribution in [-0.4, -0.2) is 12.6 Å². The molecule has 102 valence electrons. The number of hydrogen-bond acceptors (Lipinski definition) is 2. The Hall–Kier alpha value is -1.25. The molecule has 0 heterocycles. The fourth-order valence-electron chi connectivity index (χ4n) is 1.94. The summed E-state index contributed by atoms with van der Waals surface area (Å²) >= 11 is 0. The third-order valence-corrected chi connectivity index (χ3v) is 3.00. The summed E-state index contributed by atoms with van der Waals surface area (Å²) in [6.07, 6.45) is 4.59. The number of benzene rings is 1. The molecule has 1 N–H and O–H groups in total. The summed E-state index contributed by atoms with van der Waals surface area (Å²) in [7, 11) is 0. The minimum Gasteiger partial charge on any atom is -0.492 e. The lowest BCUT2D eigenvalue weighted by molar-refractivity contribution is 0.339. The summed E-state index contributed by atoms with van der Waals surface area (Å²) in [6, 6.07) is 5.10. The van der Waals surface area contributed by atoms with Crippen molar-refractivity contribution >= 4 is 5.69 Å². The lowest BCUT2D eigenvalue weighted by atomic mass is 10.1. The summed E-state index contributed by atoms with van der Waals surface area (Å²) in [5.74, 6) is 0.345. The number of hydrogen-bond donors (Lipinski definition) is 1. The van der Waals surface area contributed by atoms with Crippen LogP contribution in [0.5, 0.6) is 5.75 Å². The number of unbranched alkanes of at least 4 members (excludes halogenated alkanes) is 1. The molecular formula is C15H24FNO. The van der Waals surface area contributed by atoms with Crippen molar-refractivity contribution in [2.24, 2.45) is 0 Å². The number of ether oxygens (including phenoxy) is 1. The highest BCUT2D eigenvalue weighted by atomic mass is 19.1. The molecule has 0 aliphatic heterocycles. The van der Waals surface area contributed by atoms with E-state index in [2.05, 4.69) is 19.2 Å². The number of rotatable bonds is 8. The molecule has 0 aliphatic rings. The maximum Gasteiger partial charge on any atom is 0.145 e. The van der Waals surface area contributed by atoms with Gasteiger partial charge < -0.3 is 10.1 Å². The molecule has 0 saturated heterocycles. The molecule has 0 bridgehead atoms. The van der Waals surface area contributed by atoms with Crippen LogP contribution in [0.2, 0.25) is 0 Å². The van der Waals surface area contributed by atoms with Crippen molar-refractivity contribution in [1.29, 1.82) is 0 Å². The number of halogens is 1. The average molecular weight is 253 g/mol. The van der Waals surface area contributed by atoms with Crippen LogP contribution in [0.4, 0.5) is 10.1 Å². The van der Waals surface area contributed by atoms with Crippen LogP contribution in [0.25, 0.3) is 0 Å². The fraction of sp³-hybridized carbons (Fsp3) is 0.600. The molecule has 0 radical (unpaired) electrons. The van der Waals surface area contributed by atoms with E-state index in [1.54, 1.807) is 6.07 Å². The highest BCUT2D eigenvalue weighted by Crippen LogP contribution is 2.27. The van der Waals surface area contributed by atoms with Crippen molar-refractivity contribution in [3.8, 4) is 5.75 Å². The van der Waals surface area contributed by atoms with Gasteiger partial charge in [0.2, 0.25) is 0 Å². The normalized spacial score (nSPS) is 12.2. The lowest BCUT2D eigenvalue weighted by Crippen LogP contribution is -2.18. The first-order valence-electron chi connectivity index (χ1n) is 6.90. The van der Waals surface area contributed by atoms with E-state index in [0.717, 1.165) is 18.5 Å². The topological polar surface area (TPSA) is 21.3 Å². The molecular weight excluding hydrogens is 229 g/mol. The summed E-state index contributed by atoms with van der Waals surface area (Å²) < 4.78 is 18.6. The first-order chi connectivity index (χ1) is 8.71. The summed E-state index contributed by atoms with van der Waals surface area (Å²) in [6.45, 7) is 6.81. The fourth-order valence-corrected chi connectivity index (χ4v) is 1.94. The zero-order chi connectivity index (χ0) is 13.4. The van der Waals surface area contributed by atoms with E-state index in [1.165, 1.54) is 25.0 Å². The molecule has 0 saturated carbocycles. The van der Waals surface area contributed by atoms with Crippen molar-refractivity contribution in [2.75, 3.05) is 11.9 Å². The van der Waals surface area contributed by atoms with Crippen molar-refractivity contribution in [1.82, 2.24) is 0 Å². The van der Waals surface area contributed by atoms with Crippen LogP contribution in [-0.2, 0) is 0 Å². The minimum atomic E-state index is -0.259. The van der Waals surface area contributed by atoms with Gasteiger partial charge in [-0.1, -0.05) is 26.7 Å². The summed E-state index contributed by atoms with van der Waals surface area (Å²) in [4.78, 5) is 0. The molecule has 0 aromatic heterocycles. The van der Waals surface area contributed by atoms with Crippen LogP contribution in [0.3, 0.4) is 0 Å². The molecule has 0 spiro atoms. The summed E-state index contributed by atoms with van der Waals surface area (Å²) in [5, 5.41) is 3.45. The van der Waals surface area contributed by atoms with Gasteiger partial charge in [0.15, 0.2) is 0 Å². The molecule has 0 amide bonds. The first kappa shape index (κ1) is 14.8. The van der Waals surface area contributed by atoms with Crippen LogP contribution in [0.15, 0.2) is 18.2 Å². The Bertz CT molecular complexity index is 354. The molecule has 1 atom stereocenters. The largest absolute Gasteiger partial charge is 0.492 e. The van der Waals surface area contributed by atoms with Crippen LogP contribution < -0.4 is 10.1 Å². The summed E-state index contributed by atoms with van der Waals surface area (Å²) in [5.41, 5.74) is 0.890. The maximum atomic E-state index is 13.2. The van der Waals surface area contributed by atoms with Crippen LogP contribution in [0.1, 0.15) is 46.5 Å². The molecule has 0 fully saturated rings. The lowest BCUT2D eigenvalue weighted by Gasteiger charge is -2.20. The molecule has 2 nitrogen and oxygen atoms in total. The Labute approximate surface area is 110 Å². The molecule has 18 heavy (non-hydrogen) atoms. The Morgan fingerprint density at radius 3 is 2.67 bits per heavy atom. The van der Waals surface area contributed by atoms with E-state index in [9.17, 15) is 4.39 Å². The Kier molecular flexibility index (Phi) is 6.55. The van der Waals surface area contributed by atoms with E-state index >= 15 is 0 Å². The van der Waals surface area contributed by atoms with Crippen LogP contribution in [0, 0.1) is 5.82 Å². The average Bonchev–Trinajstić information content (AvgIpc) is 2.37. The highest BCUT2D eigenvalue weighted by Gasteiger charge is 2.10. The molecule has 0 aliphatic carbocycles. The molecule has 1 unspecified atom stereocenters. The first-order valence-corrected chi connectivity index (χ1v) is 6.90. The SMILES string of the molecule is CCCCC(CC)Nc1ccc(F)cc1OCC. The van der Waals surface area contributed by atoms with E-state index in [4.69, 9.17) is 4.74 Å². The predicted molar refractivity (Wildman–Crippen MR) is 74.8 cm³/mol. The van der Waals surface area contributed by atoms with Gasteiger partial charge in [0.25, 0.3) is 0 Å². The third kappa shape index (κ3) is 4.55. The van der Waals surface area contributed by atoms with Crippen LogP contribution >= 0.6 is 0 Å². The van der Waals surface area contributed by atoms with E-state index in [1.807, 2.05) is 6.92 Å². The highest BCUT2D eigenvalue weighted by molar-refractivity contribution is 5.57. The van der Waals surface area contributed by atoms with Gasteiger partial charge in [-0.15, -0.1) is 0 Å². The predicted octanol–water partition coefficient (Wildman–Crippen LogP) is 4.61. The van der Waals surface area contributed by atoms with Gasteiger partial charge in [-0.2, -0.15) is 0 Å². The van der Waals surface area contributed by atoms with Gasteiger partial charge >= 0.3 is 0 Å². The van der Waals surface area contributed by atoms with Crippen molar-refractivity contribution < 1.29 is 9.13 Å². The monoisotopic (exact) mass is 253 g/mol. The van der Waals surface area contributed by atoms with Gasteiger partial charge in [0.05, 0.1) is 12.3 Å². The maximum absolute atomic E-state index is 13.2. The second-order valence-electron chi connectivity index (χ2n) is 4.47. The van der Waals surface area contributed by atoms with Crippen molar-refractivity contribution in [3.63, 3.8) is 0 Å². The zero-order valence-corrected chi connectivity index (χ0v) is 11.6. The molecule has 1 rings (SSSR count). The quantitative estimate of drug-likeness (QED) is 0.730. The van der Waals surface area contributed by atoms with Gasteiger partial charge in [0, 0.05) is 12.1 Å². The molecule has 1 aromatic rings. The second kappa shape index (κ2) is 7.96. The zero-order valence-electron chi connectivity index (χ0n) is 11.6. The van der Waals surface area contributed by atoms with Gasteiger partial charge in [-0.25, -0.2) is 4.39 Å². The smallest absolute Gasteiger partial charge is 0.145 e. The Balaban J connectivity index is 2.74. The van der Waals surface area contributed by atoms with E-state index < -0.39 is 0 Å². The Morgan fingerprint density at radius 1 is 1.28 bits per heavy atom.